The van der Waals surface area contributed by atoms with Crippen LogP contribution in [-0.2, 0) is 4.79 Å². The third-order valence-electron chi connectivity index (χ3n) is 4.13. The molecule has 1 atom stereocenters. The zero-order chi connectivity index (χ0) is 14.8. The molecule has 1 amide bonds. The maximum absolute atomic E-state index is 12.7. The lowest BCUT2D eigenvalue weighted by atomic mass is 9.96. The van der Waals surface area contributed by atoms with Crippen LogP contribution in [0.4, 0.5) is 0 Å². The Balaban J connectivity index is 1.89. The number of likely N-dealkylation sites (tertiary alicyclic amines) is 1. The molecule has 2 aromatic rings. The Bertz CT molecular complexity index is 677. The van der Waals surface area contributed by atoms with Crippen LogP contribution in [-0.4, -0.2) is 38.6 Å². The van der Waals surface area contributed by atoms with Crippen LogP contribution in [0.3, 0.4) is 0 Å². The summed E-state index contributed by atoms with van der Waals surface area (Å²) in [6.07, 6.45) is 8.61. The molecule has 5 nitrogen and oxygen atoms in total. The number of carbonyl (C=O) groups excluding carboxylic acids is 2. The topological polar surface area (TPSA) is 54.7 Å². The molecule has 0 aliphatic carbocycles. The second kappa shape index (κ2) is 5.68. The Hall–Kier alpha value is -2.17. The molecule has 0 N–H and O–H groups in total. The summed E-state index contributed by atoms with van der Waals surface area (Å²) in [5.41, 5.74) is 1.35. The van der Waals surface area contributed by atoms with E-state index in [0.29, 0.717) is 18.5 Å². The van der Waals surface area contributed by atoms with Gasteiger partial charge in [0.1, 0.15) is 5.65 Å². The van der Waals surface area contributed by atoms with E-state index in [-0.39, 0.29) is 17.7 Å². The average Bonchev–Trinajstić information content (AvgIpc) is 3.01. The third-order valence-corrected chi connectivity index (χ3v) is 4.13. The largest absolute Gasteiger partial charge is 0.329 e. The van der Waals surface area contributed by atoms with Gasteiger partial charge in [-0.2, -0.15) is 0 Å². The minimum Gasteiger partial charge on any atom is -0.329 e. The summed E-state index contributed by atoms with van der Waals surface area (Å²) in [6, 6.07) is 3.32. The van der Waals surface area contributed by atoms with E-state index in [9.17, 15) is 9.59 Å². The molecule has 0 spiro atoms. The number of rotatable bonds is 3. The minimum atomic E-state index is -0.257. The van der Waals surface area contributed by atoms with Crippen LogP contribution in [0.15, 0.2) is 30.7 Å². The number of ketones is 1. The first-order valence-corrected chi connectivity index (χ1v) is 7.47. The van der Waals surface area contributed by atoms with Crippen molar-refractivity contribution in [2.24, 2.45) is 0 Å². The Morgan fingerprint density at radius 2 is 2.19 bits per heavy atom. The molecule has 0 radical (unpaired) electrons. The van der Waals surface area contributed by atoms with Crippen LogP contribution in [0.1, 0.15) is 43.0 Å². The molecular weight excluding hydrogens is 266 g/mol. The summed E-state index contributed by atoms with van der Waals surface area (Å²) in [6.45, 7) is 2.52. The van der Waals surface area contributed by atoms with Crippen LogP contribution in [0.25, 0.3) is 5.65 Å². The van der Waals surface area contributed by atoms with Crippen molar-refractivity contribution in [3.05, 3.63) is 36.3 Å². The van der Waals surface area contributed by atoms with Gasteiger partial charge < -0.3 is 9.30 Å². The van der Waals surface area contributed by atoms with Crippen molar-refractivity contribution in [1.82, 2.24) is 14.3 Å². The fourth-order valence-electron chi connectivity index (χ4n) is 2.95. The number of Topliss-reactive ketones (excluding diaryl/α,β-unsaturated/α-hetero) is 1. The van der Waals surface area contributed by atoms with E-state index >= 15 is 0 Å². The lowest BCUT2D eigenvalue weighted by Crippen LogP contribution is -2.47. The van der Waals surface area contributed by atoms with Crippen molar-refractivity contribution in [3.8, 4) is 0 Å². The van der Waals surface area contributed by atoms with Crippen LogP contribution in [0.2, 0.25) is 0 Å². The van der Waals surface area contributed by atoms with E-state index in [1.54, 1.807) is 23.2 Å². The Labute approximate surface area is 123 Å². The quantitative estimate of drug-likeness (QED) is 0.869. The lowest BCUT2D eigenvalue weighted by molar-refractivity contribution is -0.124. The molecule has 1 aliphatic heterocycles. The van der Waals surface area contributed by atoms with E-state index in [1.807, 2.05) is 23.7 Å². The Kier molecular flexibility index (Phi) is 3.73. The van der Waals surface area contributed by atoms with Gasteiger partial charge >= 0.3 is 0 Å². The van der Waals surface area contributed by atoms with Gasteiger partial charge in [0, 0.05) is 37.1 Å². The zero-order valence-corrected chi connectivity index (χ0v) is 12.2. The molecule has 0 aromatic carbocycles. The van der Waals surface area contributed by atoms with E-state index in [4.69, 9.17) is 0 Å². The first-order valence-electron chi connectivity index (χ1n) is 7.47. The van der Waals surface area contributed by atoms with Gasteiger partial charge in [0.15, 0.2) is 5.78 Å². The van der Waals surface area contributed by atoms with Crippen molar-refractivity contribution in [2.75, 3.05) is 6.54 Å². The number of hydrogen-bond acceptors (Lipinski definition) is 3. The fraction of sp³-hybridized carbons (Fsp3) is 0.438. The molecule has 0 saturated carbocycles. The minimum absolute atomic E-state index is 0.0630. The lowest BCUT2D eigenvalue weighted by Gasteiger charge is -2.34. The number of nitrogens with zero attached hydrogens (tertiary/aromatic N) is 3. The molecule has 3 rings (SSSR count). The summed E-state index contributed by atoms with van der Waals surface area (Å²) in [4.78, 5) is 30.7. The first kappa shape index (κ1) is 13.8. The molecule has 1 fully saturated rings. The standard InChI is InChI=1S/C16H19N3O2/c1-2-14(20)13-5-3-4-8-19(13)16(21)12-6-9-18-10-7-17-15(18)11-12/h6-7,9-11,13H,2-5,8H2,1H3/t13-/m1/s1. The maximum atomic E-state index is 12.7. The number of imidazole rings is 1. The highest BCUT2D eigenvalue weighted by atomic mass is 16.2. The smallest absolute Gasteiger partial charge is 0.254 e. The number of aromatic nitrogens is 2. The normalized spacial score (nSPS) is 18.9. The molecule has 21 heavy (non-hydrogen) atoms. The predicted molar refractivity (Wildman–Crippen MR) is 79.2 cm³/mol. The number of carbonyl (C=O) groups is 2. The summed E-state index contributed by atoms with van der Waals surface area (Å²) in [5, 5.41) is 0. The van der Waals surface area contributed by atoms with E-state index < -0.39 is 0 Å². The molecule has 0 unspecified atom stereocenters. The monoisotopic (exact) mass is 285 g/mol. The molecule has 3 heterocycles. The molecule has 1 saturated heterocycles. The number of amides is 1. The highest BCUT2D eigenvalue weighted by Crippen LogP contribution is 2.21. The second-order valence-electron chi connectivity index (χ2n) is 5.44. The number of fused-ring (bicyclic) bond motifs is 1. The highest BCUT2D eigenvalue weighted by molar-refractivity contribution is 5.98. The van der Waals surface area contributed by atoms with Crippen molar-refractivity contribution in [2.45, 2.75) is 38.6 Å². The average molecular weight is 285 g/mol. The van der Waals surface area contributed by atoms with Gasteiger partial charge in [0.2, 0.25) is 0 Å². The maximum Gasteiger partial charge on any atom is 0.254 e. The van der Waals surface area contributed by atoms with Gasteiger partial charge in [-0.15, -0.1) is 0 Å². The van der Waals surface area contributed by atoms with Crippen LogP contribution in [0, 0.1) is 0 Å². The van der Waals surface area contributed by atoms with Crippen LogP contribution < -0.4 is 0 Å². The van der Waals surface area contributed by atoms with Gasteiger partial charge in [0.05, 0.1) is 6.04 Å². The summed E-state index contributed by atoms with van der Waals surface area (Å²) >= 11 is 0. The molecular formula is C16H19N3O2. The number of hydrogen-bond donors (Lipinski definition) is 0. The van der Waals surface area contributed by atoms with Gasteiger partial charge in [-0.05, 0) is 31.4 Å². The van der Waals surface area contributed by atoms with Crippen LogP contribution >= 0.6 is 0 Å². The zero-order valence-electron chi connectivity index (χ0n) is 12.2. The van der Waals surface area contributed by atoms with Crippen LogP contribution in [0.5, 0.6) is 0 Å². The molecule has 0 bridgehead atoms. The summed E-state index contributed by atoms with van der Waals surface area (Å²) < 4.78 is 1.86. The molecule has 110 valence electrons. The SMILES string of the molecule is CCC(=O)[C@H]1CCCCN1C(=O)c1ccn2ccnc2c1. The van der Waals surface area contributed by atoms with E-state index in [2.05, 4.69) is 4.98 Å². The fourth-order valence-corrected chi connectivity index (χ4v) is 2.95. The van der Waals surface area contributed by atoms with E-state index in [0.717, 1.165) is 24.9 Å². The predicted octanol–water partition coefficient (Wildman–Crippen LogP) is 2.31. The van der Waals surface area contributed by atoms with Crippen molar-refractivity contribution >= 4 is 17.3 Å². The van der Waals surface area contributed by atoms with Crippen molar-refractivity contribution in [3.63, 3.8) is 0 Å². The molecule has 1 aliphatic rings. The first-order chi connectivity index (χ1) is 10.2. The Morgan fingerprint density at radius 3 is 3.00 bits per heavy atom. The van der Waals surface area contributed by atoms with Crippen molar-refractivity contribution < 1.29 is 9.59 Å². The second-order valence-corrected chi connectivity index (χ2v) is 5.44. The Morgan fingerprint density at radius 1 is 1.33 bits per heavy atom. The van der Waals surface area contributed by atoms with Gasteiger partial charge in [0.25, 0.3) is 5.91 Å². The molecule has 2 aromatic heterocycles. The van der Waals surface area contributed by atoms with Gasteiger partial charge in [-0.1, -0.05) is 6.92 Å². The number of piperidine rings is 1. The van der Waals surface area contributed by atoms with Gasteiger partial charge in [-0.25, -0.2) is 4.98 Å². The summed E-state index contributed by atoms with van der Waals surface area (Å²) in [7, 11) is 0. The van der Waals surface area contributed by atoms with Crippen molar-refractivity contribution in [1.29, 1.82) is 0 Å². The molecule has 5 heteroatoms. The number of pyridine rings is 1. The highest BCUT2D eigenvalue weighted by Gasteiger charge is 2.31. The third kappa shape index (κ3) is 2.55. The summed E-state index contributed by atoms with van der Waals surface area (Å²) in [5.74, 6) is 0.0944. The van der Waals surface area contributed by atoms with E-state index in [1.165, 1.54) is 0 Å². The van der Waals surface area contributed by atoms with Gasteiger partial charge in [-0.3, -0.25) is 9.59 Å².